The van der Waals surface area contributed by atoms with Gasteiger partial charge >= 0.3 is 5.97 Å². The van der Waals surface area contributed by atoms with Crippen molar-refractivity contribution >= 4 is 55.3 Å². The number of rotatable bonds is 5. The summed E-state index contributed by atoms with van der Waals surface area (Å²) in [7, 11) is 0. The second kappa shape index (κ2) is 10.4. The first-order chi connectivity index (χ1) is 17.3. The number of hydrogen-bond acceptors (Lipinski definition) is 5. The molecule has 2 amide bonds. The molecule has 1 aliphatic rings. The Balaban J connectivity index is 1.51. The number of anilines is 1. The molecule has 2 aromatic carbocycles. The van der Waals surface area contributed by atoms with Gasteiger partial charge in [-0.05, 0) is 83.5 Å². The molecule has 3 aromatic rings. The zero-order chi connectivity index (χ0) is 27.1. The highest BCUT2D eigenvalue weighted by atomic mass is 79.9. The van der Waals surface area contributed by atoms with Gasteiger partial charge in [0.05, 0.1) is 28.2 Å². The Labute approximate surface area is 232 Å². The summed E-state index contributed by atoms with van der Waals surface area (Å²) in [5.74, 6) is -1.06. The normalized spacial score (nSPS) is 15.7. The van der Waals surface area contributed by atoms with E-state index in [1.807, 2.05) is 31.2 Å². The lowest BCUT2D eigenvalue weighted by Crippen LogP contribution is -2.42. The van der Waals surface area contributed by atoms with Crippen LogP contribution in [0.25, 0.3) is 5.69 Å². The van der Waals surface area contributed by atoms with Crippen LogP contribution in [0, 0.1) is 13.8 Å². The largest absolute Gasteiger partial charge is 0.456 e. The summed E-state index contributed by atoms with van der Waals surface area (Å²) < 4.78 is 8.80. The van der Waals surface area contributed by atoms with Crippen LogP contribution in [0.2, 0.25) is 0 Å². The molecule has 1 aliphatic heterocycles. The zero-order valence-electron chi connectivity index (χ0n) is 21.3. The highest BCUT2D eigenvalue weighted by molar-refractivity contribution is 9.10. The standard InChI is InChI=1S/C27H28Br2N4O4/c1-15-23(16(2)33(31-15)20-8-6-18(28)7-9-20)24(34)30-22-10-11-32(25(22)35)21-13-17(12-19(29)14-21)26(36)37-27(3,4)5/h6-9,12-14,22H,10-11H2,1-5H3,(H,30,34). The lowest BCUT2D eigenvalue weighted by molar-refractivity contribution is -0.118. The van der Waals surface area contributed by atoms with Crippen LogP contribution in [0.3, 0.4) is 0 Å². The third-order valence-electron chi connectivity index (χ3n) is 5.93. The number of amides is 2. The number of carbonyl (C=O) groups is 3. The molecule has 10 heteroatoms. The van der Waals surface area contributed by atoms with Crippen LogP contribution in [-0.4, -0.2) is 45.8 Å². The van der Waals surface area contributed by atoms with Crippen molar-refractivity contribution in [1.82, 2.24) is 15.1 Å². The maximum absolute atomic E-state index is 13.3. The third-order valence-corrected chi connectivity index (χ3v) is 6.92. The molecule has 8 nitrogen and oxygen atoms in total. The number of benzene rings is 2. The van der Waals surface area contributed by atoms with Crippen molar-refractivity contribution in [3.05, 3.63) is 73.9 Å². The third kappa shape index (κ3) is 5.96. The first-order valence-electron chi connectivity index (χ1n) is 11.8. The number of aromatic nitrogens is 2. The maximum atomic E-state index is 13.3. The molecule has 1 unspecified atom stereocenters. The van der Waals surface area contributed by atoms with E-state index in [9.17, 15) is 14.4 Å². The summed E-state index contributed by atoms with van der Waals surface area (Å²) in [4.78, 5) is 40.7. The van der Waals surface area contributed by atoms with E-state index in [0.717, 1.165) is 10.2 Å². The minimum absolute atomic E-state index is 0.239. The molecule has 0 radical (unpaired) electrons. The Morgan fingerprint density at radius 2 is 1.70 bits per heavy atom. The molecule has 4 rings (SSSR count). The number of aryl methyl sites for hydroxylation is 1. The molecule has 1 N–H and O–H groups in total. The van der Waals surface area contributed by atoms with Crippen molar-refractivity contribution < 1.29 is 19.1 Å². The average Bonchev–Trinajstić information content (AvgIpc) is 3.31. The van der Waals surface area contributed by atoms with Crippen molar-refractivity contribution in [2.24, 2.45) is 0 Å². The molecule has 0 bridgehead atoms. The first-order valence-corrected chi connectivity index (χ1v) is 13.4. The average molecular weight is 632 g/mol. The molecule has 1 saturated heterocycles. The van der Waals surface area contributed by atoms with Gasteiger partial charge in [0.2, 0.25) is 5.91 Å². The molecule has 0 saturated carbocycles. The molecule has 1 atom stereocenters. The van der Waals surface area contributed by atoms with Crippen LogP contribution in [0.15, 0.2) is 51.4 Å². The van der Waals surface area contributed by atoms with Crippen molar-refractivity contribution in [3.63, 3.8) is 0 Å². The quantitative estimate of drug-likeness (QED) is 0.375. The van der Waals surface area contributed by atoms with Crippen LogP contribution < -0.4 is 10.2 Å². The number of nitrogens with one attached hydrogen (secondary N) is 1. The molecular weight excluding hydrogens is 604 g/mol. The maximum Gasteiger partial charge on any atom is 0.338 e. The molecule has 194 valence electrons. The monoisotopic (exact) mass is 630 g/mol. The van der Waals surface area contributed by atoms with Gasteiger partial charge in [-0.25, -0.2) is 9.48 Å². The first kappa shape index (κ1) is 27.1. The van der Waals surface area contributed by atoms with Gasteiger partial charge in [0.15, 0.2) is 0 Å². The predicted molar refractivity (Wildman–Crippen MR) is 148 cm³/mol. The van der Waals surface area contributed by atoms with Crippen molar-refractivity contribution in [3.8, 4) is 5.69 Å². The van der Waals surface area contributed by atoms with Gasteiger partial charge in [-0.2, -0.15) is 5.10 Å². The summed E-state index contributed by atoms with van der Waals surface area (Å²) in [5, 5.41) is 7.43. The van der Waals surface area contributed by atoms with Gasteiger partial charge in [-0.1, -0.05) is 31.9 Å². The predicted octanol–water partition coefficient (Wildman–Crippen LogP) is 5.50. The van der Waals surface area contributed by atoms with Gasteiger partial charge < -0.3 is 15.0 Å². The van der Waals surface area contributed by atoms with E-state index in [1.54, 1.807) is 55.5 Å². The highest BCUT2D eigenvalue weighted by Gasteiger charge is 2.35. The lowest BCUT2D eigenvalue weighted by atomic mass is 10.1. The van der Waals surface area contributed by atoms with Crippen molar-refractivity contribution in [1.29, 1.82) is 0 Å². The number of halogens is 2. The summed E-state index contributed by atoms with van der Waals surface area (Å²) >= 11 is 6.85. The minimum atomic E-state index is -0.689. The molecule has 0 aliphatic carbocycles. The fourth-order valence-corrected chi connectivity index (χ4v) is 5.04. The van der Waals surface area contributed by atoms with Crippen molar-refractivity contribution in [2.75, 3.05) is 11.4 Å². The Morgan fingerprint density at radius 3 is 2.35 bits per heavy atom. The molecule has 1 fully saturated rings. The van der Waals surface area contributed by atoms with E-state index in [1.165, 1.54) is 0 Å². The topological polar surface area (TPSA) is 93.5 Å². The lowest BCUT2D eigenvalue weighted by Gasteiger charge is -2.21. The van der Waals surface area contributed by atoms with Crippen LogP contribution in [-0.2, 0) is 9.53 Å². The van der Waals surface area contributed by atoms with Gasteiger partial charge in [0, 0.05) is 21.2 Å². The Hall–Kier alpha value is -2.98. The van der Waals surface area contributed by atoms with E-state index in [0.29, 0.717) is 45.6 Å². The number of esters is 1. The van der Waals surface area contributed by atoms with E-state index in [2.05, 4.69) is 42.3 Å². The molecular formula is C27H28Br2N4O4. The van der Waals surface area contributed by atoms with Crippen molar-refractivity contribution in [2.45, 2.75) is 52.7 Å². The van der Waals surface area contributed by atoms with E-state index in [4.69, 9.17) is 4.74 Å². The second-order valence-electron chi connectivity index (χ2n) is 9.94. The minimum Gasteiger partial charge on any atom is -0.456 e. The summed E-state index contributed by atoms with van der Waals surface area (Å²) in [6, 6.07) is 12.0. The van der Waals surface area contributed by atoms with Gasteiger partial charge in [-0.3, -0.25) is 9.59 Å². The summed E-state index contributed by atoms with van der Waals surface area (Å²) in [6.07, 6.45) is 0.442. The number of carbonyl (C=O) groups excluding carboxylic acids is 3. The summed E-state index contributed by atoms with van der Waals surface area (Å²) in [6.45, 7) is 9.41. The van der Waals surface area contributed by atoms with Crippen LogP contribution in [0.4, 0.5) is 5.69 Å². The fraction of sp³-hybridized carbons (Fsp3) is 0.333. The molecule has 0 spiro atoms. The molecule has 2 heterocycles. The number of ether oxygens (including phenoxy) is 1. The van der Waals surface area contributed by atoms with E-state index in [-0.39, 0.29) is 11.8 Å². The molecule has 37 heavy (non-hydrogen) atoms. The molecule has 1 aromatic heterocycles. The second-order valence-corrected chi connectivity index (χ2v) is 11.8. The smallest absolute Gasteiger partial charge is 0.338 e. The number of hydrogen-bond donors (Lipinski definition) is 1. The Kier molecular flexibility index (Phi) is 7.62. The highest BCUT2D eigenvalue weighted by Crippen LogP contribution is 2.28. The van der Waals surface area contributed by atoms with Gasteiger partial charge in [0.1, 0.15) is 11.6 Å². The van der Waals surface area contributed by atoms with Crippen LogP contribution in [0.1, 0.15) is 59.3 Å². The van der Waals surface area contributed by atoms with E-state index < -0.39 is 17.6 Å². The van der Waals surface area contributed by atoms with Gasteiger partial charge in [0.25, 0.3) is 5.91 Å². The van der Waals surface area contributed by atoms with Gasteiger partial charge in [-0.15, -0.1) is 0 Å². The zero-order valence-corrected chi connectivity index (χ0v) is 24.4. The fourth-order valence-electron chi connectivity index (χ4n) is 4.29. The Bertz CT molecular complexity index is 1380. The van der Waals surface area contributed by atoms with Crippen LogP contribution >= 0.6 is 31.9 Å². The van der Waals surface area contributed by atoms with Crippen LogP contribution in [0.5, 0.6) is 0 Å². The number of nitrogens with zero attached hydrogens (tertiary/aromatic N) is 3. The Morgan fingerprint density at radius 1 is 1.03 bits per heavy atom. The summed E-state index contributed by atoms with van der Waals surface area (Å²) in [5.41, 5.74) is 2.81. The van der Waals surface area contributed by atoms with E-state index >= 15 is 0 Å². The SMILES string of the molecule is Cc1nn(-c2ccc(Br)cc2)c(C)c1C(=O)NC1CCN(c2cc(Br)cc(C(=O)OC(C)(C)C)c2)C1=O.